The maximum Gasteiger partial charge on any atom is 0.203 e. The van der Waals surface area contributed by atoms with E-state index in [9.17, 15) is 9.59 Å². The van der Waals surface area contributed by atoms with E-state index in [-0.39, 0.29) is 11.6 Å². The van der Waals surface area contributed by atoms with E-state index in [0.717, 1.165) is 19.3 Å². The third-order valence-electron chi connectivity index (χ3n) is 2.94. The Kier molecular flexibility index (Phi) is 4.67. The lowest BCUT2D eigenvalue weighted by molar-refractivity contribution is -0.117. The zero-order valence-corrected chi connectivity index (χ0v) is 10.8. The van der Waals surface area contributed by atoms with Crippen molar-refractivity contribution in [3.8, 4) is 0 Å². The Morgan fingerprint density at radius 3 is 2.53 bits per heavy atom. The topological polar surface area (TPSA) is 47.3 Å². The predicted octanol–water partition coefficient (Wildman–Crippen LogP) is 3.64. The maximum atomic E-state index is 12.1. The van der Waals surface area contributed by atoms with Gasteiger partial charge >= 0.3 is 0 Å². The second kappa shape index (κ2) is 5.80. The van der Waals surface area contributed by atoms with Gasteiger partial charge in [-0.05, 0) is 31.9 Å². The average Bonchev–Trinajstić information content (AvgIpc) is 2.76. The van der Waals surface area contributed by atoms with Crippen molar-refractivity contribution in [2.75, 3.05) is 0 Å². The minimum atomic E-state index is -0.422. The van der Waals surface area contributed by atoms with Gasteiger partial charge in [0, 0.05) is 11.8 Å². The summed E-state index contributed by atoms with van der Waals surface area (Å²) in [6.07, 6.45) is 4.63. The van der Waals surface area contributed by atoms with E-state index < -0.39 is 5.41 Å². The van der Waals surface area contributed by atoms with E-state index in [4.69, 9.17) is 4.42 Å². The molecule has 0 atom stereocenters. The predicted molar refractivity (Wildman–Crippen MR) is 66.0 cm³/mol. The largest absolute Gasteiger partial charge is 0.461 e. The van der Waals surface area contributed by atoms with E-state index >= 15 is 0 Å². The molecule has 1 aromatic rings. The molecule has 3 heteroatoms. The first-order valence-electron chi connectivity index (χ1n) is 6.01. The fourth-order valence-electron chi connectivity index (χ4n) is 1.80. The minimum Gasteiger partial charge on any atom is -0.461 e. The molecule has 0 radical (unpaired) electrons. The molecule has 0 spiro atoms. The number of rotatable bonds is 7. The van der Waals surface area contributed by atoms with Gasteiger partial charge < -0.3 is 9.21 Å². The highest BCUT2D eigenvalue weighted by Crippen LogP contribution is 2.28. The van der Waals surface area contributed by atoms with E-state index in [2.05, 4.69) is 0 Å². The van der Waals surface area contributed by atoms with E-state index in [0.29, 0.717) is 12.2 Å². The molecule has 0 bridgehead atoms. The number of hydrogen-bond donors (Lipinski definition) is 0. The Bertz CT molecular complexity index is 374. The Morgan fingerprint density at radius 2 is 2.00 bits per heavy atom. The van der Waals surface area contributed by atoms with E-state index in [1.807, 2.05) is 13.8 Å². The van der Waals surface area contributed by atoms with Crippen LogP contribution in [0.5, 0.6) is 0 Å². The average molecular weight is 236 g/mol. The van der Waals surface area contributed by atoms with Crippen molar-refractivity contribution in [3.05, 3.63) is 24.2 Å². The standard InChI is InChI=1S/C14H20O3/c1-11(15)7-4-5-9-14(2,3)13(16)12-8-6-10-17-12/h6,8,10H,4-5,7,9H2,1-3H3. The van der Waals surface area contributed by atoms with Crippen LogP contribution in [-0.4, -0.2) is 11.6 Å². The van der Waals surface area contributed by atoms with Crippen LogP contribution < -0.4 is 0 Å². The van der Waals surface area contributed by atoms with Crippen molar-refractivity contribution in [3.63, 3.8) is 0 Å². The summed E-state index contributed by atoms with van der Waals surface area (Å²) in [5.74, 6) is 0.659. The maximum absolute atomic E-state index is 12.1. The lowest BCUT2D eigenvalue weighted by atomic mass is 9.81. The van der Waals surface area contributed by atoms with Crippen LogP contribution in [0.3, 0.4) is 0 Å². The summed E-state index contributed by atoms with van der Waals surface area (Å²) in [6.45, 7) is 5.44. The van der Waals surface area contributed by atoms with Crippen LogP contribution in [0.25, 0.3) is 0 Å². The molecule has 0 saturated heterocycles. The Labute approximate surface area is 102 Å². The van der Waals surface area contributed by atoms with Gasteiger partial charge in [-0.2, -0.15) is 0 Å². The van der Waals surface area contributed by atoms with Gasteiger partial charge in [-0.1, -0.05) is 20.3 Å². The number of Topliss-reactive ketones (excluding diaryl/α,β-unsaturated/α-hetero) is 2. The molecular weight excluding hydrogens is 216 g/mol. The first-order chi connectivity index (χ1) is 7.93. The molecule has 0 amide bonds. The molecule has 0 aromatic carbocycles. The quantitative estimate of drug-likeness (QED) is 0.536. The van der Waals surface area contributed by atoms with Gasteiger partial charge in [-0.25, -0.2) is 0 Å². The summed E-state index contributed by atoms with van der Waals surface area (Å²) in [7, 11) is 0. The van der Waals surface area contributed by atoms with Crippen LogP contribution in [0.4, 0.5) is 0 Å². The first-order valence-corrected chi connectivity index (χ1v) is 6.01. The van der Waals surface area contributed by atoms with Crippen LogP contribution in [0.1, 0.15) is 57.0 Å². The van der Waals surface area contributed by atoms with Gasteiger partial charge in [-0.15, -0.1) is 0 Å². The van der Waals surface area contributed by atoms with E-state index in [1.165, 1.54) is 6.26 Å². The molecule has 0 aliphatic rings. The fourth-order valence-corrected chi connectivity index (χ4v) is 1.80. The molecular formula is C14H20O3. The normalized spacial score (nSPS) is 11.5. The molecule has 0 unspecified atom stereocenters. The molecule has 0 aliphatic heterocycles. The second-order valence-corrected chi connectivity index (χ2v) is 5.10. The smallest absolute Gasteiger partial charge is 0.203 e. The first kappa shape index (κ1) is 13.7. The lowest BCUT2D eigenvalue weighted by Gasteiger charge is -2.21. The van der Waals surface area contributed by atoms with Crippen molar-refractivity contribution in [1.29, 1.82) is 0 Å². The third-order valence-corrected chi connectivity index (χ3v) is 2.94. The summed E-state index contributed by atoms with van der Waals surface area (Å²) in [4.78, 5) is 22.9. The monoisotopic (exact) mass is 236 g/mol. The van der Waals surface area contributed by atoms with Crippen LogP contribution >= 0.6 is 0 Å². The highest BCUT2D eigenvalue weighted by Gasteiger charge is 2.29. The van der Waals surface area contributed by atoms with Crippen molar-refractivity contribution < 1.29 is 14.0 Å². The van der Waals surface area contributed by atoms with Crippen LogP contribution in [0, 0.1) is 5.41 Å². The van der Waals surface area contributed by atoms with Crippen molar-refractivity contribution >= 4 is 11.6 Å². The summed E-state index contributed by atoms with van der Waals surface area (Å²) < 4.78 is 5.12. The number of furan rings is 1. The summed E-state index contributed by atoms with van der Waals surface area (Å²) in [5, 5.41) is 0. The second-order valence-electron chi connectivity index (χ2n) is 5.10. The molecule has 0 saturated carbocycles. The van der Waals surface area contributed by atoms with Crippen LogP contribution in [0.15, 0.2) is 22.8 Å². The summed E-state index contributed by atoms with van der Waals surface area (Å²) in [5.41, 5.74) is -0.422. The van der Waals surface area contributed by atoms with Gasteiger partial charge in [-0.3, -0.25) is 4.79 Å². The molecule has 17 heavy (non-hydrogen) atoms. The van der Waals surface area contributed by atoms with Gasteiger partial charge in [0.15, 0.2) is 5.76 Å². The Balaban J connectivity index is 2.45. The van der Waals surface area contributed by atoms with E-state index in [1.54, 1.807) is 19.1 Å². The lowest BCUT2D eigenvalue weighted by Crippen LogP contribution is -2.23. The van der Waals surface area contributed by atoms with Crippen molar-refractivity contribution in [2.24, 2.45) is 5.41 Å². The molecule has 0 N–H and O–H groups in total. The van der Waals surface area contributed by atoms with Crippen LogP contribution in [0.2, 0.25) is 0 Å². The molecule has 94 valence electrons. The number of unbranched alkanes of at least 4 members (excludes halogenated alkanes) is 1. The molecule has 1 aromatic heterocycles. The summed E-state index contributed by atoms with van der Waals surface area (Å²) >= 11 is 0. The zero-order valence-electron chi connectivity index (χ0n) is 10.8. The number of hydrogen-bond acceptors (Lipinski definition) is 3. The zero-order chi connectivity index (χ0) is 12.9. The summed E-state index contributed by atoms with van der Waals surface area (Å²) in [6, 6.07) is 3.42. The Hall–Kier alpha value is -1.38. The highest BCUT2D eigenvalue weighted by atomic mass is 16.3. The molecule has 0 aliphatic carbocycles. The van der Waals surface area contributed by atoms with Gasteiger partial charge in [0.25, 0.3) is 0 Å². The molecule has 0 fully saturated rings. The highest BCUT2D eigenvalue weighted by molar-refractivity contribution is 5.97. The number of ketones is 2. The van der Waals surface area contributed by atoms with Gasteiger partial charge in [0.1, 0.15) is 5.78 Å². The van der Waals surface area contributed by atoms with Crippen LogP contribution in [-0.2, 0) is 4.79 Å². The fraction of sp³-hybridized carbons (Fsp3) is 0.571. The van der Waals surface area contributed by atoms with Gasteiger partial charge in [0.05, 0.1) is 6.26 Å². The van der Waals surface area contributed by atoms with Crippen molar-refractivity contribution in [2.45, 2.75) is 46.5 Å². The number of carbonyl (C=O) groups excluding carboxylic acids is 2. The minimum absolute atomic E-state index is 0.0327. The molecule has 1 rings (SSSR count). The molecule has 1 heterocycles. The SMILES string of the molecule is CC(=O)CCCCC(C)(C)C(=O)c1ccco1. The third kappa shape index (κ3) is 4.17. The number of carbonyl (C=O) groups is 2. The van der Waals surface area contributed by atoms with Gasteiger partial charge in [0.2, 0.25) is 5.78 Å². The van der Waals surface area contributed by atoms with Crippen molar-refractivity contribution in [1.82, 2.24) is 0 Å². The Morgan fingerprint density at radius 1 is 1.29 bits per heavy atom. The molecule has 3 nitrogen and oxygen atoms in total.